The normalized spacial score (nSPS) is 13.1. The van der Waals surface area contributed by atoms with Crippen molar-refractivity contribution >= 4 is 0 Å². The first-order chi connectivity index (χ1) is 9.80. The Hall–Kier alpha value is -2.44. The van der Waals surface area contributed by atoms with Gasteiger partial charge in [0.1, 0.15) is 0 Å². The lowest BCUT2D eigenvalue weighted by Gasteiger charge is -2.13. The zero-order valence-electron chi connectivity index (χ0n) is 11.4. The molecule has 2 aromatic rings. The number of hydrogen-bond donors (Lipinski definition) is 0. The molecule has 0 N–H and O–H groups in total. The lowest BCUT2D eigenvalue weighted by molar-refractivity contribution is 0.916. The zero-order chi connectivity index (χ0) is 13.9. The third-order valence-electron chi connectivity index (χ3n) is 4.03. The van der Waals surface area contributed by atoms with Crippen LogP contribution in [-0.4, -0.2) is 0 Å². The van der Waals surface area contributed by atoms with Crippen LogP contribution in [0.5, 0.6) is 0 Å². The van der Waals surface area contributed by atoms with E-state index in [1.54, 1.807) is 0 Å². The minimum absolute atomic E-state index is 0.938. The number of rotatable bonds is 0. The van der Waals surface area contributed by atoms with Crippen molar-refractivity contribution in [2.24, 2.45) is 0 Å². The van der Waals surface area contributed by atoms with E-state index in [9.17, 15) is 0 Å². The van der Waals surface area contributed by atoms with Crippen LogP contribution >= 0.6 is 0 Å². The van der Waals surface area contributed by atoms with Gasteiger partial charge in [-0.1, -0.05) is 36.1 Å². The molecule has 0 fully saturated rings. The molecular weight excluding hydrogens is 240 g/mol. The zero-order valence-corrected chi connectivity index (χ0v) is 11.4. The Balaban J connectivity index is 2.08. The van der Waals surface area contributed by atoms with Gasteiger partial charge in [0.15, 0.2) is 0 Å². The van der Waals surface area contributed by atoms with Gasteiger partial charge in [-0.3, -0.25) is 0 Å². The lowest BCUT2D eigenvalue weighted by Crippen LogP contribution is -2.02. The molecule has 0 heterocycles. The fourth-order valence-electron chi connectivity index (χ4n) is 2.82. The maximum Gasteiger partial charge on any atom is 0.0277 e. The van der Waals surface area contributed by atoms with E-state index < -0.39 is 0 Å². The van der Waals surface area contributed by atoms with E-state index >= 15 is 0 Å². The molecule has 4 aliphatic rings. The van der Waals surface area contributed by atoms with Gasteiger partial charge in [0, 0.05) is 11.1 Å². The first-order valence-electron chi connectivity index (χ1n) is 6.97. The number of benzene rings is 2. The highest BCUT2D eigenvalue weighted by Crippen LogP contribution is 2.20. The summed E-state index contributed by atoms with van der Waals surface area (Å²) in [5, 5.41) is 0. The largest absolute Gasteiger partial charge is 0.115 e. The van der Waals surface area contributed by atoms with Crippen LogP contribution in [0.1, 0.15) is 33.4 Å². The molecule has 0 saturated heterocycles. The molecule has 20 heavy (non-hydrogen) atoms. The molecule has 2 aromatic carbocycles. The molecule has 0 spiro atoms. The van der Waals surface area contributed by atoms with Crippen molar-refractivity contribution < 1.29 is 0 Å². The van der Waals surface area contributed by atoms with Gasteiger partial charge in [0.2, 0.25) is 0 Å². The fraction of sp³-hybridized carbons (Fsp3) is 0.200. The summed E-state index contributed by atoms with van der Waals surface area (Å²) in [5.74, 6) is 5.64. The molecular formula is C20H16. The molecule has 0 nitrogen and oxygen atoms in total. The maximum absolute atomic E-state index is 5.64. The van der Waals surface area contributed by atoms with E-state index in [-0.39, 0.29) is 0 Å². The van der Waals surface area contributed by atoms with E-state index in [1.165, 1.54) is 22.3 Å². The van der Waals surface area contributed by atoms with Gasteiger partial charge in [-0.25, -0.2) is 0 Å². The second kappa shape index (κ2) is 5.28. The van der Waals surface area contributed by atoms with E-state index in [0.29, 0.717) is 0 Å². The van der Waals surface area contributed by atoms with Crippen molar-refractivity contribution in [2.75, 3.05) is 0 Å². The molecule has 0 saturated carbocycles. The van der Waals surface area contributed by atoms with Crippen LogP contribution in [0.4, 0.5) is 0 Å². The molecule has 0 heteroatoms. The summed E-state index contributed by atoms with van der Waals surface area (Å²) >= 11 is 0. The third kappa shape index (κ3) is 2.34. The van der Waals surface area contributed by atoms with Crippen LogP contribution in [0.2, 0.25) is 0 Å². The van der Waals surface area contributed by atoms with Crippen LogP contribution in [-0.2, 0) is 25.7 Å². The Morgan fingerprint density at radius 2 is 1.10 bits per heavy atom. The molecule has 96 valence electrons. The van der Waals surface area contributed by atoms with Crippen LogP contribution in [0, 0.1) is 24.7 Å². The average molecular weight is 256 g/mol. The first-order valence-corrected chi connectivity index (χ1v) is 6.97. The smallest absolute Gasteiger partial charge is 0.0277 e. The predicted octanol–water partition coefficient (Wildman–Crippen LogP) is 3.53. The van der Waals surface area contributed by atoms with Gasteiger partial charge < -0.3 is 0 Å². The van der Waals surface area contributed by atoms with E-state index in [2.05, 4.69) is 48.2 Å². The van der Waals surface area contributed by atoms with Crippen LogP contribution in [0.3, 0.4) is 0 Å². The number of terminal acetylenes is 2. The van der Waals surface area contributed by atoms with Crippen molar-refractivity contribution in [1.29, 1.82) is 0 Å². The molecule has 0 atom stereocenters. The van der Waals surface area contributed by atoms with Crippen LogP contribution < -0.4 is 0 Å². The van der Waals surface area contributed by atoms with E-state index in [0.717, 1.165) is 36.8 Å². The van der Waals surface area contributed by atoms with Crippen molar-refractivity contribution in [3.63, 3.8) is 0 Å². The van der Waals surface area contributed by atoms with Crippen LogP contribution in [0.25, 0.3) is 0 Å². The number of hydrogen-bond acceptors (Lipinski definition) is 0. The predicted molar refractivity (Wildman–Crippen MR) is 83.6 cm³/mol. The summed E-state index contributed by atoms with van der Waals surface area (Å²) in [6, 6.07) is 13.1. The Morgan fingerprint density at radius 1 is 0.650 bits per heavy atom. The minimum atomic E-state index is 0.938. The molecule has 0 radical (unpaired) electrons. The molecule has 0 amide bonds. The average Bonchev–Trinajstić information content (AvgIpc) is 2.49. The van der Waals surface area contributed by atoms with Gasteiger partial charge in [0.25, 0.3) is 0 Å². The van der Waals surface area contributed by atoms with Gasteiger partial charge in [-0.05, 0) is 60.1 Å². The quantitative estimate of drug-likeness (QED) is 0.633. The second-order valence-electron chi connectivity index (χ2n) is 5.27. The summed E-state index contributed by atoms with van der Waals surface area (Å²) in [4.78, 5) is 0. The lowest BCUT2D eigenvalue weighted by atomic mass is 9.91. The highest BCUT2D eigenvalue weighted by atomic mass is 14.1. The topological polar surface area (TPSA) is 0 Å². The standard InChI is InChI=1S/C20H16/c1-3-17-13-15-5-6-16-8-10-20(18(4-2)14-16)12-11-19(17)9-7-15/h1-2,7-10,13-14H,5-6,11-12H2. The van der Waals surface area contributed by atoms with E-state index in [4.69, 9.17) is 12.8 Å². The SMILES string of the molecule is C#Cc1cc2ccc1CCc1ccc(cc1C#C)CC2. The summed E-state index contributed by atoms with van der Waals surface area (Å²) < 4.78 is 0. The summed E-state index contributed by atoms with van der Waals surface area (Å²) in [6.45, 7) is 0. The van der Waals surface area contributed by atoms with Gasteiger partial charge in [-0.2, -0.15) is 0 Å². The Labute approximate surface area is 120 Å². The Bertz CT molecular complexity index is 670. The second-order valence-corrected chi connectivity index (χ2v) is 5.27. The molecule has 0 unspecified atom stereocenters. The van der Waals surface area contributed by atoms with Crippen molar-refractivity contribution in [3.8, 4) is 24.7 Å². The number of aryl methyl sites for hydroxylation is 4. The van der Waals surface area contributed by atoms with Crippen molar-refractivity contribution in [3.05, 3.63) is 69.8 Å². The molecule has 4 bridgehead atoms. The first kappa shape index (κ1) is 12.6. The van der Waals surface area contributed by atoms with Gasteiger partial charge >= 0.3 is 0 Å². The Kier molecular flexibility index (Phi) is 3.32. The monoisotopic (exact) mass is 256 g/mol. The highest BCUT2D eigenvalue weighted by molar-refractivity contribution is 5.47. The molecule has 0 aliphatic heterocycles. The van der Waals surface area contributed by atoms with Gasteiger partial charge in [0.05, 0.1) is 0 Å². The summed E-state index contributed by atoms with van der Waals surface area (Å²) in [7, 11) is 0. The van der Waals surface area contributed by atoms with Crippen LogP contribution in [0.15, 0.2) is 36.4 Å². The van der Waals surface area contributed by atoms with E-state index in [1.807, 2.05) is 0 Å². The third-order valence-corrected chi connectivity index (χ3v) is 4.03. The Morgan fingerprint density at radius 3 is 1.50 bits per heavy atom. The fourth-order valence-corrected chi connectivity index (χ4v) is 2.82. The van der Waals surface area contributed by atoms with Gasteiger partial charge in [-0.15, -0.1) is 12.8 Å². The van der Waals surface area contributed by atoms with Crippen molar-refractivity contribution in [2.45, 2.75) is 25.7 Å². The highest BCUT2D eigenvalue weighted by Gasteiger charge is 2.09. The minimum Gasteiger partial charge on any atom is -0.115 e. The summed E-state index contributed by atoms with van der Waals surface area (Å²) in [6.07, 6.45) is 15.2. The maximum atomic E-state index is 5.64. The van der Waals surface area contributed by atoms with Crippen molar-refractivity contribution in [1.82, 2.24) is 0 Å². The molecule has 0 aromatic heterocycles. The summed E-state index contributed by atoms with van der Waals surface area (Å²) in [5.41, 5.74) is 7.13. The molecule has 4 aliphatic carbocycles. The molecule has 6 rings (SSSR count).